The first-order chi connectivity index (χ1) is 10.6. The number of nitrogens with zero attached hydrogens (tertiary/aromatic N) is 1. The van der Waals surface area contributed by atoms with Gasteiger partial charge in [0.2, 0.25) is 0 Å². The van der Waals surface area contributed by atoms with Gasteiger partial charge in [-0.1, -0.05) is 12.1 Å². The highest BCUT2D eigenvalue weighted by atomic mass is 32.2. The van der Waals surface area contributed by atoms with Crippen LogP contribution in [-0.2, 0) is 6.54 Å². The van der Waals surface area contributed by atoms with E-state index in [1.807, 2.05) is 0 Å². The number of nitrogens with one attached hydrogen (secondary N) is 1. The number of aliphatic hydroxyl groups is 1. The third kappa shape index (κ3) is 4.38. The fraction of sp³-hybridized carbons (Fsp3) is 0.467. The van der Waals surface area contributed by atoms with Gasteiger partial charge >= 0.3 is 12.0 Å². The molecule has 6 nitrogen and oxygen atoms in total. The lowest BCUT2D eigenvalue weighted by atomic mass is 10.1. The van der Waals surface area contributed by atoms with E-state index in [2.05, 4.69) is 5.32 Å². The van der Waals surface area contributed by atoms with Crippen molar-refractivity contribution >= 4 is 23.8 Å². The number of thioether (sulfide) groups is 1. The molecule has 1 atom stereocenters. The minimum Gasteiger partial charge on any atom is -0.478 e. The molecule has 0 aliphatic carbocycles. The number of aromatic carboxylic acids is 1. The molecular weight excluding hydrogens is 304 g/mol. The van der Waals surface area contributed by atoms with Crippen LogP contribution < -0.4 is 5.32 Å². The zero-order valence-electron chi connectivity index (χ0n) is 12.2. The van der Waals surface area contributed by atoms with Crippen LogP contribution in [0, 0.1) is 0 Å². The third-order valence-corrected chi connectivity index (χ3v) is 4.69. The zero-order valence-corrected chi connectivity index (χ0v) is 13.0. The molecule has 0 spiro atoms. The standard InChI is InChI=1S/C15H20N2O4S/c18-7-5-13-10-22-8-6-17(13)15(21)16-9-11-1-3-12(4-2-11)14(19)20/h1-4,13,18H,5-10H2,(H,16,21)(H,19,20). The van der Waals surface area contributed by atoms with Crippen molar-refractivity contribution in [1.29, 1.82) is 0 Å². The maximum Gasteiger partial charge on any atom is 0.335 e. The highest BCUT2D eigenvalue weighted by Gasteiger charge is 2.26. The molecule has 0 aromatic heterocycles. The minimum atomic E-state index is -0.965. The van der Waals surface area contributed by atoms with E-state index in [4.69, 9.17) is 10.2 Å². The predicted octanol–water partition coefficient (Wildman–Crippen LogP) is 1.39. The molecule has 2 rings (SSSR count). The van der Waals surface area contributed by atoms with Crippen LogP contribution in [0.25, 0.3) is 0 Å². The van der Waals surface area contributed by atoms with Crippen molar-refractivity contribution in [3.8, 4) is 0 Å². The molecule has 120 valence electrons. The van der Waals surface area contributed by atoms with Gasteiger partial charge in [0.25, 0.3) is 0 Å². The normalized spacial score (nSPS) is 18.0. The van der Waals surface area contributed by atoms with Gasteiger partial charge < -0.3 is 20.4 Å². The number of rotatable bonds is 5. The van der Waals surface area contributed by atoms with Crippen molar-refractivity contribution in [2.24, 2.45) is 0 Å². The summed E-state index contributed by atoms with van der Waals surface area (Å²) in [6, 6.07) is 6.37. The number of amides is 2. The summed E-state index contributed by atoms with van der Waals surface area (Å²) < 4.78 is 0. The SMILES string of the molecule is O=C(O)c1ccc(CNC(=O)N2CCSCC2CCO)cc1. The summed E-state index contributed by atoms with van der Waals surface area (Å²) in [6.07, 6.45) is 0.591. The topological polar surface area (TPSA) is 89.9 Å². The first-order valence-corrected chi connectivity index (χ1v) is 8.32. The lowest BCUT2D eigenvalue weighted by Gasteiger charge is -2.35. The molecule has 1 unspecified atom stereocenters. The molecule has 1 aromatic carbocycles. The van der Waals surface area contributed by atoms with Crippen LogP contribution in [0.15, 0.2) is 24.3 Å². The van der Waals surface area contributed by atoms with E-state index in [-0.39, 0.29) is 24.2 Å². The Bertz CT molecular complexity index is 519. The number of hydrogen-bond acceptors (Lipinski definition) is 4. The second-order valence-electron chi connectivity index (χ2n) is 5.10. The molecule has 1 fully saturated rings. The molecule has 1 aliphatic heterocycles. The Morgan fingerprint density at radius 3 is 2.68 bits per heavy atom. The number of aliphatic hydroxyl groups excluding tert-OH is 1. The second kappa shape index (κ2) is 8.05. The Morgan fingerprint density at radius 1 is 1.32 bits per heavy atom. The summed E-state index contributed by atoms with van der Waals surface area (Å²) in [6.45, 7) is 1.11. The number of benzene rings is 1. The number of carbonyl (C=O) groups excluding carboxylic acids is 1. The van der Waals surface area contributed by atoms with E-state index in [0.29, 0.717) is 19.5 Å². The Kier molecular flexibility index (Phi) is 6.09. The van der Waals surface area contributed by atoms with Crippen molar-refractivity contribution in [3.05, 3.63) is 35.4 Å². The molecule has 2 amide bonds. The van der Waals surface area contributed by atoms with E-state index in [0.717, 1.165) is 17.1 Å². The van der Waals surface area contributed by atoms with Crippen LogP contribution in [-0.4, -0.2) is 57.8 Å². The van der Waals surface area contributed by atoms with Crippen molar-refractivity contribution in [2.45, 2.75) is 19.0 Å². The van der Waals surface area contributed by atoms with Gasteiger partial charge in [-0.25, -0.2) is 9.59 Å². The summed E-state index contributed by atoms with van der Waals surface area (Å²) in [5.41, 5.74) is 1.08. The maximum atomic E-state index is 12.3. The minimum absolute atomic E-state index is 0.0677. The summed E-state index contributed by atoms with van der Waals surface area (Å²) in [5, 5.41) is 20.8. The fourth-order valence-electron chi connectivity index (χ4n) is 2.35. The Balaban J connectivity index is 1.89. The number of carboxylic acids is 1. The van der Waals surface area contributed by atoms with Gasteiger partial charge in [0.05, 0.1) is 5.56 Å². The van der Waals surface area contributed by atoms with Crippen LogP contribution in [0.2, 0.25) is 0 Å². The lowest BCUT2D eigenvalue weighted by Crippen LogP contribution is -2.50. The molecule has 1 heterocycles. The molecule has 0 saturated carbocycles. The lowest BCUT2D eigenvalue weighted by molar-refractivity contribution is 0.0696. The van der Waals surface area contributed by atoms with Gasteiger partial charge in [0, 0.05) is 37.2 Å². The quantitative estimate of drug-likeness (QED) is 0.761. The molecule has 1 saturated heterocycles. The Morgan fingerprint density at radius 2 is 2.05 bits per heavy atom. The fourth-order valence-corrected chi connectivity index (χ4v) is 3.47. The van der Waals surface area contributed by atoms with Gasteiger partial charge in [0.1, 0.15) is 0 Å². The van der Waals surface area contributed by atoms with Crippen LogP contribution in [0.5, 0.6) is 0 Å². The van der Waals surface area contributed by atoms with Crippen LogP contribution >= 0.6 is 11.8 Å². The van der Waals surface area contributed by atoms with Crippen LogP contribution in [0.3, 0.4) is 0 Å². The first-order valence-electron chi connectivity index (χ1n) is 7.17. The molecule has 22 heavy (non-hydrogen) atoms. The highest BCUT2D eigenvalue weighted by molar-refractivity contribution is 7.99. The van der Waals surface area contributed by atoms with Gasteiger partial charge in [-0.3, -0.25) is 0 Å². The van der Waals surface area contributed by atoms with E-state index in [1.54, 1.807) is 28.8 Å². The molecule has 3 N–H and O–H groups in total. The third-order valence-electron chi connectivity index (χ3n) is 3.60. The zero-order chi connectivity index (χ0) is 15.9. The first kappa shape index (κ1) is 16.6. The van der Waals surface area contributed by atoms with E-state index >= 15 is 0 Å². The van der Waals surface area contributed by atoms with Crippen LogP contribution in [0.1, 0.15) is 22.3 Å². The molecule has 0 radical (unpaired) electrons. The average molecular weight is 324 g/mol. The molecule has 1 aromatic rings. The molecule has 7 heteroatoms. The summed E-state index contributed by atoms with van der Waals surface area (Å²) in [5.74, 6) is 0.789. The summed E-state index contributed by atoms with van der Waals surface area (Å²) in [7, 11) is 0. The van der Waals surface area contributed by atoms with E-state index in [1.165, 1.54) is 12.1 Å². The van der Waals surface area contributed by atoms with E-state index < -0.39 is 5.97 Å². The number of carboxylic acid groups (broad SMARTS) is 1. The molecule has 1 aliphatic rings. The highest BCUT2D eigenvalue weighted by Crippen LogP contribution is 2.18. The van der Waals surface area contributed by atoms with Gasteiger partial charge in [-0.15, -0.1) is 0 Å². The van der Waals surface area contributed by atoms with Gasteiger partial charge in [-0.05, 0) is 24.1 Å². The summed E-state index contributed by atoms with van der Waals surface area (Å²) in [4.78, 5) is 24.8. The van der Waals surface area contributed by atoms with Crippen molar-refractivity contribution < 1.29 is 19.8 Å². The average Bonchev–Trinajstić information content (AvgIpc) is 2.54. The van der Waals surface area contributed by atoms with Gasteiger partial charge in [0.15, 0.2) is 0 Å². The predicted molar refractivity (Wildman–Crippen MR) is 85.2 cm³/mol. The Labute approximate surface area is 133 Å². The van der Waals surface area contributed by atoms with Crippen molar-refractivity contribution in [3.63, 3.8) is 0 Å². The second-order valence-corrected chi connectivity index (χ2v) is 6.25. The molecular formula is C15H20N2O4S. The maximum absolute atomic E-state index is 12.3. The van der Waals surface area contributed by atoms with Crippen LogP contribution in [0.4, 0.5) is 4.79 Å². The molecule has 0 bridgehead atoms. The smallest absolute Gasteiger partial charge is 0.335 e. The van der Waals surface area contributed by atoms with E-state index in [9.17, 15) is 9.59 Å². The number of hydrogen-bond donors (Lipinski definition) is 3. The number of carbonyl (C=O) groups is 2. The van der Waals surface area contributed by atoms with Crippen molar-refractivity contribution in [1.82, 2.24) is 10.2 Å². The largest absolute Gasteiger partial charge is 0.478 e. The Hall–Kier alpha value is -1.73. The monoisotopic (exact) mass is 324 g/mol. The number of urea groups is 1. The van der Waals surface area contributed by atoms with Crippen molar-refractivity contribution in [2.75, 3.05) is 24.7 Å². The summed E-state index contributed by atoms with van der Waals surface area (Å²) >= 11 is 1.79. The van der Waals surface area contributed by atoms with Gasteiger partial charge in [-0.2, -0.15) is 11.8 Å².